The summed E-state index contributed by atoms with van der Waals surface area (Å²) in [6, 6.07) is 7.60. The summed E-state index contributed by atoms with van der Waals surface area (Å²) in [4.78, 5) is 0. The highest BCUT2D eigenvalue weighted by Gasteiger charge is 2.32. The summed E-state index contributed by atoms with van der Waals surface area (Å²) >= 11 is 0. The van der Waals surface area contributed by atoms with Gasteiger partial charge in [-0.25, -0.2) is 0 Å². The molecule has 0 spiro atoms. The van der Waals surface area contributed by atoms with Crippen molar-refractivity contribution < 1.29 is 19.5 Å². The predicted molar refractivity (Wildman–Crippen MR) is 69.5 cm³/mol. The van der Waals surface area contributed by atoms with Crippen LogP contribution in [-0.2, 0) is 15.9 Å². The quantitative estimate of drug-likeness (QED) is 0.568. The molecule has 1 fully saturated rings. The molecule has 1 aliphatic heterocycles. The van der Waals surface area contributed by atoms with Gasteiger partial charge in [0.2, 0.25) is 0 Å². The molecular formula is C13H19BO4. The third-order valence-corrected chi connectivity index (χ3v) is 3.12. The molecule has 1 aliphatic rings. The van der Waals surface area contributed by atoms with Gasteiger partial charge < -0.3 is 19.5 Å². The fourth-order valence-corrected chi connectivity index (χ4v) is 2.04. The average Bonchev–Trinajstić information content (AvgIpc) is 2.88. The SMILES string of the molecule is OCCCCC1COB(c2ccc(CO)cc2)O1. The summed E-state index contributed by atoms with van der Waals surface area (Å²) in [5.74, 6) is 0. The summed E-state index contributed by atoms with van der Waals surface area (Å²) in [5, 5.41) is 17.7. The van der Waals surface area contributed by atoms with Crippen molar-refractivity contribution in [3.8, 4) is 0 Å². The van der Waals surface area contributed by atoms with E-state index in [1.807, 2.05) is 24.3 Å². The Morgan fingerprint density at radius 1 is 1.17 bits per heavy atom. The van der Waals surface area contributed by atoms with Crippen LogP contribution in [-0.4, -0.2) is 36.6 Å². The molecule has 1 aromatic carbocycles. The Morgan fingerprint density at radius 3 is 2.61 bits per heavy atom. The number of rotatable bonds is 6. The van der Waals surface area contributed by atoms with E-state index in [4.69, 9.17) is 19.5 Å². The van der Waals surface area contributed by atoms with Gasteiger partial charge in [-0.15, -0.1) is 0 Å². The standard InChI is InChI=1S/C13H19BO4/c15-8-2-1-3-13-10-17-14(18-13)12-6-4-11(9-16)5-7-12/h4-7,13,15-16H,1-3,8-10H2. The third kappa shape index (κ3) is 3.56. The van der Waals surface area contributed by atoms with Crippen molar-refractivity contribution in [2.24, 2.45) is 0 Å². The smallest absolute Gasteiger partial charge is 0.405 e. The minimum atomic E-state index is -0.295. The van der Waals surface area contributed by atoms with Crippen LogP contribution in [0.15, 0.2) is 24.3 Å². The Balaban J connectivity index is 1.83. The number of aliphatic hydroxyl groups excluding tert-OH is 2. The molecular weight excluding hydrogens is 231 g/mol. The summed E-state index contributed by atoms with van der Waals surface area (Å²) in [5.41, 5.74) is 1.87. The van der Waals surface area contributed by atoms with Gasteiger partial charge in [-0.2, -0.15) is 0 Å². The van der Waals surface area contributed by atoms with E-state index in [-0.39, 0.29) is 26.4 Å². The molecule has 1 atom stereocenters. The van der Waals surface area contributed by atoms with E-state index in [0.29, 0.717) is 6.61 Å². The molecule has 2 rings (SSSR count). The average molecular weight is 250 g/mol. The zero-order chi connectivity index (χ0) is 12.8. The van der Waals surface area contributed by atoms with Gasteiger partial charge in [-0.05, 0) is 30.3 Å². The fourth-order valence-electron chi connectivity index (χ4n) is 2.04. The molecule has 0 saturated carbocycles. The van der Waals surface area contributed by atoms with Gasteiger partial charge >= 0.3 is 7.12 Å². The van der Waals surface area contributed by atoms with E-state index in [9.17, 15) is 0 Å². The van der Waals surface area contributed by atoms with Crippen LogP contribution in [0.25, 0.3) is 0 Å². The fraction of sp³-hybridized carbons (Fsp3) is 0.538. The molecule has 18 heavy (non-hydrogen) atoms. The second-order valence-corrected chi connectivity index (χ2v) is 4.54. The van der Waals surface area contributed by atoms with Gasteiger partial charge in [0.25, 0.3) is 0 Å². The lowest BCUT2D eigenvalue weighted by Crippen LogP contribution is -2.32. The van der Waals surface area contributed by atoms with Gasteiger partial charge in [0.15, 0.2) is 0 Å². The maximum atomic E-state index is 8.97. The number of unbranched alkanes of at least 4 members (excludes halogenated alkanes) is 1. The molecule has 1 unspecified atom stereocenters. The number of hydrogen-bond acceptors (Lipinski definition) is 4. The van der Waals surface area contributed by atoms with Crippen molar-refractivity contribution in [3.05, 3.63) is 29.8 Å². The number of hydrogen-bond donors (Lipinski definition) is 2. The van der Waals surface area contributed by atoms with E-state index in [1.165, 1.54) is 0 Å². The molecule has 98 valence electrons. The maximum absolute atomic E-state index is 8.97. The highest BCUT2D eigenvalue weighted by molar-refractivity contribution is 6.61. The molecule has 2 N–H and O–H groups in total. The normalized spacial score (nSPS) is 19.4. The van der Waals surface area contributed by atoms with Crippen LogP contribution in [0.5, 0.6) is 0 Å². The van der Waals surface area contributed by atoms with Crippen molar-refractivity contribution in [2.75, 3.05) is 13.2 Å². The Bertz CT molecular complexity index is 355. The predicted octanol–water partition coefficient (Wildman–Crippen LogP) is 0.452. The maximum Gasteiger partial charge on any atom is 0.494 e. The van der Waals surface area contributed by atoms with Crippen LogP contribution in [0.1, 0.15) is 24.8 Å². The van der Waals surface area contributed by atoms with Gasteiger partial charge in [0, 0.05) is 6.61 Å². The lowest BCUT2D eigenvalue weighted by atomic mass is 9.79. The molecule has 0 bridgehead atoms. The van der Waals surface area contributed by atoms with E-state index in [1.54, 1.807) is 0 Å². The monoisotopic (exact) mass is 250 g/mol. The molecule has 0 radical (unpaired) electrons. The van der Waals surface area contributed by atoms with Crippen LogP contribution >= 0.6 is 0 Å². The molecule has 0 aromatic heterocycles. The summed E-state index contributed by atoms with van der Waals surface area (Å²) < 4.78 is 11.4. The lowest BCUT2D eigenvalue weighted by Gasteiger charge is -2.09. The van der Waals surface area contributed by atoms with Crippen LogP contribution in [0.3, 0.4) is 0 Å². The third-order valence-electron chi connectivity index (χ3n) is 3.12. The Hall–Kier alpha value is -0.875. The summed E-state index contributed by atoms with van der Waals surface area (Å²) in [6.45, 7) is 0.897. The van der Waals surface area contributed by atoms with Crippen molar-refractivity contribution in [1.29, 1.82) is 0 Å². The topological polar surface area (TPSA) is 58.9 Å². The van der Waals surface area contributed by atoms with Crippen molar-refractivity contribution >= 4 is 12.6 Å². The zero-order valence-electron chi connectivity index (χ0n) is 10.4. The van der Waals surface area contributed by atoms with E-state index in [0.717, 1.165) is 30.3 Å². The van der Waals surface area contributed by atoms with Gasteiger partial charge in [0.05, 0.1) is 19.3 Å². The van der Waals surface area contributed by atoms with E-state index >= 15 is 0 Å². The second-order valence-electron chi connectivity index (χ2n) is 4.54. The van der Waals surface area contributed by atoms with Crippen LogP contribution in [0.2, 0.25) is 0 Å². The molecule has 1 heterocycles. The Kier molecular flexibility index (Phi) is 5.19. The Labute approximate surface area is 108 Å². The minimum absolute atomic E-state index is 0.0520. The summed E-state index contributed by atoms with van der Waals surface area (Å²) in [6.07, 6.45) is 2.82. The molecule has 5 heteroatoms. The van der Waals surface area contributed by atoms with Crippen molar-refractivity contribution in [3.63, 3.8) is 0 Å². The van der Waals surface area contributed by atoms with Gasteiger partial charge in [-0.3, -0.25) is 0 Å². The number of aliphatic hydroxyl groups is 2. The van der Waals surface area contributed by atoms with Crippen molar-refractivity contribution in [2.45, 2.75) is 32.0 Å². The first-order valence-corrected chi connectivity index (χ1v) is 6.41. The number of benzene rings is 1. The van der Waals surface area contributed by atoms with E-state index < -0.39 is 0 Å². The van der Waals surface area contributed by atoms with Crippen LogP contribution in [0.4, 0.5) is 0 Å². The highest BCUT2D eigenvalue weighted by atomic mass is 16.6. The zero-order valence-corrected chi connectivity index (χ0v) is 10.4. The molecule has 1 saturated heterocycles. The molecule has 4 nitrogen and oxygen atoms in total. The largest absolute Gasteiger partial charge is 0.494 e. The van der Waals surface area contributed by atoms with Gasteiger partial charge in [-0.1, -0.05) is 24.3 Å². The first-order valence-electron chi connectivity index (χ1n) is 6.41. The van der Waals surface area contributed by atoms with Crippen LogP contribution < -0.4 is 5.46 Å². The minimum Gasteiger partial charge on any atom is -0.405 e. The van der Waals surface area contributed by atoms with Gasteiger partial charge in [0.1, 0.15) is 0 Å². The van der Waals surface area contributed by atoms with Crippen LogP contribution in [0, 0.1) is 0 Å². The molecule has 0 amide bonds. The highest BCUT2D eigenvalue weighted by Crippen LogP contribution is 2.14. The second kappa shape index (κ2) is 6.90. The summed E-state index contributed by atoms with van der Waals surface area (Å²) in [7, 11) is -0.295. The Morgan fingerprint density at radius 2 is 1.94 bits per heavy atom. The molecule has 0 aliphatic carbocycles. The first-order chi connectivity index (χ1) is 8.83. The van der Waals surface area contributed by atoms with Crippen molar-refractivity contribution in [1.82, 2.24) is 0 Å². The first kappa shape index (κ1) is 13.6. The molecule has 1 aromatic rings. The van der Waals surface area contributed by atoms with E-state index in [2.05, 4.69) is 0 Å². The lowest BCUT2D eigenvalue weighted by molar-refractivity contribution is 0.209.